The predicted octanol–water partition coefficient (Wildman–Crippen LogP) is 2.19. The Kier molecular flexibility index (Phi) is 3.95. The van der Waals surface area contributed by atoms with Gasteiger partial charge in [0.1, 0.15) is 5.75 Å². The smallest absolute Gasteiger partial charge is 0.270 e. The van der Waals surface area contributed by atoms with Gasteiger partial charge in [-0.1, -0.05) is 11.6 Å². The maximum atomic E-state index is 11.8. The highest BCUT2D eigenvalue weighted by Crippen LogP contribution is 2.29. The number of methoxy groups -OCH3 is 1. The number of benzene rings is 1. The lowest BCUT2D eigenvalue weighted by atomic mass is 10.1. The summed E-state index contributed by atoms with van der Waals surface area (Å²) in [7, 11) is 3.26. The molecule has 0 spiro atoms. The first kappa shape index (κ1) is 13.7. The SMILES string of the molecule is COc1ccc(C)cc1-c1cc(CS)c(=O)n(C)n1. The van der Waals surface area contributed by atoms with Crippen LogP contribution in [0.2, 0.25) is 0 Å². The maximum absolute atomic E-state index is 11.8. The van der Waals surface area contributed by atoms with Gasteiger partial charge in [0.2, 0.25) is 0 Å². The number of ether oxygens (including phenoxy) is 1. The molecule has 0 atom stereocenters. The fourth-order valence-corrected chi connectivity index (χ4v) is 2.16. The van der Waals surface area contributed by atoms with E-state index in [0.29, 0.717) is 17.0 Å². The Hall–Kier alpha value is -1.75. The number of rotatable bonds is 3. The predicted molar refractivity (Wildman–Crippen MR) is 78.9 cm³/mol. The summed E-state index contributed by atoms with van der Waals surface area (Å²) < 4.78 is 6.69. The summed E-state index contributed by atoms with van der Waals surface area (Å²) in [5.41, 5.74) is 3.21. The van der Waals surface area contributed by atoms with E-state index in [4.69, 9.17) is 4.74 Å². The lowest BCUT2D eigenvalue weighted by Crippen LogP contribution is -2.23. The van der Waals surface area contributed by atoms with Crippen molar-refractivity contribution in [3.05, 3.63) is 45.7 Å². The van der Waals surface area contributed by atoms with Gasteiger partial charge in [0.25, 0.3) is 5.56 Å². The van der Waals surface area contributed by atoms with E-state index in [0.717, 1.165) is 16.9 Å². The van der Waals surface area contributed by atoms with Crippen molar-refractivity contribution in [2.24, 2.45) is 7.05 Å². The molecule has 0 aliphatic carbocycles. The number of aryl methyl sites for hydroxylation is 2. The van der Waals surface area contributed by atoms with Crippen LogP contribution in [0.3, 0.4) is 0 Å². The molecule has 0 amide bonds. The third-order valence-corrected chi connectivity index (χ3v) is 3.28. The summed E-state index contributed by atoms with van der Waals surface area (Å²) in [4.78, 5) is 11.8. The van der Waals surface area contributed by atoms with Crippen molar-refractivity contribution in [1.29, 1.82) is 0 Å². The molecule has 0 bridgehead atoms. The average Bonchev–Trinajstić information content (AvgIpc) is 2.41. The van der Waals surface area contributed by atoms with Gasteiger partial charge in [-0.15, -0.1) is 0 Å². The van der Waals surface area contributed by atoms with Crippen LogP contribution in [-0.4, -0.2) is 16.9 Å². The Labute approximate surface area is 117 Å². The van der Waals surface area contributed by atoms with Crippen LogP contribution in [-0.2, 0) is 12.8 Å². The molecule has 0 fully saturated rings. The molecule has 100 valence electrons. The zero-order valence-corrected chi connectivity index (χ0v) is 12.1. The summed E-state index contributed by atoms with van der Waals surface area (Å²) in [6.07, 6.45) is 0. The van der Waals surface area contributed by atoms with Crippen LogP contribution >= 0.6 is 12.6 Å². The molecular weight excluding hydrogens is 260 g/mol. The lowest BCUT2D eigenvalue weighted by Gasteiger charge is -2.11. The number of hydrogen-bond acceptors (Lipinski definition) is 4. The molecule has 2 rings (SSSR count). The molecule has 4 nitrogen and oxygen atoms in total. The zero-order valence-electron chi connectivity index (χ0n) is 11.2. The van der Waals surface area contributed by atoms with Gasteiger partial charge in [0, 0.05) is 23.9 Å². The first-order valence-electron chi connectivity index (χ1n) is 5.90. The molecule has 1 heterocycles. The van der Waals surface area contributed by atoms with Gasteiger partial charge in [0.05, 0.1) is 12.8 Å². The highest BCUT2D eigenvalue weighted by molar-refractivity contribution is 7.79. The fraction of sp³-hybridized carbons (Fsp3) is 0.286. The molecular formula is C14H16N2O2S. The zero-order chi connectivity index (χ0) is 14.0. The monoisotopic (exact) mass is 276 g/mol. The van der Waals surface area contributed by atoms with E-state index in [2.05, 4.69) is 17.7 Å². The second-order valence-electron chi connectivity index (χ2n) is 4.35. The summed E-state index contributed by atoms with van der Waals surface area (Å²) in [5.74, 6) is 1.12. The molecule has 0 aliphatic rings. The maximum Gasteiger partial charge on any atom is 0.270 e. The molecule has 0 saturated heterocycles. The normalized spacial score (nSPS) is 10.5. The number of hydrogen-bond donors (Lipinski definition) is 1. The van der Waals surface area contributed by atoms with Crippen LogP contribution in [0, 0.1) is 6.92 Å². The van der Waals surface area contributed by atoms with Gasteiger partial charge >= 0.3 is 0 Å². The minimum Gasteiger partial charge on any atom is -0.496 e. The van der Waals surface area contributed by atoms with Crippen molar-refractivity contribution >= 4 is 12.6 Å². The van der Waals surface area contributed by atoms with E-state index in [1.54, 1.807) is 20.2 Å². The van der Waals surface area contributed by atoms with Gasteiger partial charge in [-0.05, 0) is 25.1 Å². The second kappa shape index (κ2) is 5.48. The third-order valence-electron chi connectivity index (χ3n) is 2.94. The van der Waals surface area contributed by atoms with Crippen LogP contribution < -0.4 is 10.3 Å². The van der Waals surface area contributed by atoms with Gasteiger partial charge in [-0.3, -0.25) is 4.79 Å². The van der Waals surface area contributed by atoms with Crippen molar-refractivity contribution in [1.82, 2.24) is 9.78 Å². The second-order valence-corrected chi connectivity index (χ2v) is 4.66. The third kappa shape index (κ3) is 2.66. The fourth-order valence-electron chi connectivity index (χ4n) is 1.94. The Morgan fingerprint density at radius 1 is 1.37 bits per heavy atom. The number of thiol groups is 1. The molecule has 0 unspecified atom stereocenters. The minimum absolute atomic E-state index is 0.120. The van der Waals surface area contributed by atoms with Crippen LogP contribution in [0.25, 0.3) is 11.3 Å². The quantitative estimate of drug-likeness (QED) is 0.874. The summed E-state index contributed by atoms with van der Waals surface area (Å²) in [5, 5.41) is 4.29. The minimum atomic E-state index is -0.120. The Balaban J connectivity index is 2.68. The molecule has 1 aromatic heterocycles. The van der Waals surface area contributed by atoms with Crippen molar-refractivity contribution in [3.63, 3.8) is 0 Å². The number of nitrogens with zero attached hydrogens (tertiary/aromatic N) is 2. The van der Waals surface area contributed by atoms with Gasteiger partial charge in [0.15, 0.2) is 0 Å². The highest BCUT2D eigenvalue weighted by Gasteiger charge is 2.11. The molecule has 1 aromatic carbocycles. The van der Waals surface area contributed by atoms with E-state index in [1.807, 2.05) is 25.1 Å². The van der Waals surface area contributed by atoms with Gasteiger partial charge in [-0.25, -0.2) is 4.68 Å². The molecule has 0 saturated carbocycles. The van der Waals surface area contributed by atoms with Gasteiger partial charge in [-0.2, -0.15) is 17.7 Å². The molecule has 0 N–H and O–H groups in total. The van der Waals surface area contributed by atoms with Crippen molar-refractivity contribution in [2.75, 3.05) is 7.11 Å². The molecule has 0 aliphatic heterocycles. The number of aromatic nitrogens is 2. The molecule has 19 heavy (non-hydrogen) atoms. The standard InChI is InChI=1S/C14H16N2O2S/c1-9-4-5-13(18-3)11(6-9)12-7-10(8-19)14(17)16(2)15-12/h4-7,19H,8H2,1-3H3. The van der Waals surface area contributed by atoms with Gasteiger partial charge < -0.3 is 4.74 Å². The van der Waals surface area contributed by atoms with Crippen LogP contribution in [0.15, 0.2) is 29.1 Å². The lowest BCUT2D eigenvalue weighted by molar-refractivity contribution is 0.416. The summed E-state index contributed by atoms with van der Waals surface area (Å²) in [6.45, 7) is 2.00. The average molecular weight is 276 g/mol. The van der Waals surface area contributed by atoms with E-state index in [-0.39, 0.29) is 5.56 Å². The van der Waals surface area contributed by atoms with E-state index in [9.17, 15) is 4.79 Å². The molecule has 2 aromatic rings. The van der Waals surface area contributed by atoms with Crippen LogP contribution in [0.5, 0.6) is 5.75 Å². The highest BCUT2D eigenvalue weighted by atomic mass is 32.1. The first-order chi connectivity index (χ1) is 9.06. The molecule has 5 heteroatoms. The Morgan fingerprint density at radius 2 is 2.11 bits per heavy atom. The van der Waals surface area contributed by atoms with Crippen molar-refractivity contribution < 1.29 is 4.74 Å². The van der Waals surface area contributed by atoms with Crippen LogP contribution in [0.4, 0.5) is 0 Å². The van der Waals surface area contributed by atoms with E-state index < -0.39 is 0 Å². The first-order valence-corrected chi connectivity index (χ1v) is 6.53. The largest absolute Gasteiger partial charge is 0.496 e. The van der Waals surface area contributed by atoms with Crippen molar-refractivity contribution in [2.45, 2.75) is 12.7 Å². The van der Waals surface area contributed by atoms with E-state index in [1.165, 1.54) is 4.68 Å². The Morgan fingerprint density at radius 3 is 2.74 bits per heavy atom. The topological polar surface area (TPSA) is 44.1 Å². The summed E-state index contributed by atoms with van der Waals surface area (Å²) >= 11 is 4.18. The summed E-state index contributed by atoms with van der Waals surface area (Å²) in [6, 6.07) is 7.64. The van der Waals surface area contributed by atoms with Crippen LogP contribution in [0.1, 0.15) is 11.1 Å². The van der Waals surface area contributed by atoms with E-state index >= 15 is 0 Å². The Bertz CT molecular complexity index is 665. The van der Waals surface area contributed by atoms with Crippen molar-refractivity contribution in [3.8, 4) is 17.0 Å². The molecule has 0 radical (unpaired) electrons.